The number of ether oxygens (including phenoxy) is 1. The standard InChI is InChI=1S/C16H20N4O2S2/c1-3-22-16(21)20-10-13(18-11(20)2)14(23)9-17-15(24)19-12-7-5-4-6-8-12/h4-8,10,14,23H,3,9H2,1-2H3,(H2,17,19,24). The SMILES string of the molecule is CCOC(=O)n1cc(C(S)CNC(=S)Nc2ccccc2)nc1C. The van der Waals surface area contributed by atoms with Crippen molar-refractivity contribution in [1.82, 2.24) is 14.9 Å². The average Bonchev–Trinajstić information content (AvgIpc) is 2.96. The molecule has 1 heterocycles. The molecule has 0 aliphatic carbocycles. The molecule has 0 aliphatic rings. The van der Waals surface area contributed by atoms with Crippen LogP contribution in [0.25, 0.3) is 0 Å². The zero-order valence-electron chi connectivity index (χ0n) is 13.5. The largest absolute Gasteiger partial charge is 0.449 e. The van der Waals surface area contributed by atoms with Gasteiger partial charge in [0, 0.05) is 18.4 Å². The molecular weight excluding hydrogens is 344 g/mol. The molecule has 0 amide bonds. The van der Waals surface area contributed by atoms with E-state index >= 15 is 0 Å². The summed E-state index contributed by atoms with van der Waals surface area (Å²) in [5.74, 6) is 0.562. The number of thiocarbonyl (C=S) groups is 1. The zero-order chi connectivity index (χ0) is 17.5. The molecule has 0 spiro atoms. The van der Waals surface area contributed by atoms with Gasteiger partial charge in [0.25, 0.3) is 0 Å². The molecule has 1 aromatic heterocycles. The van der Waals surface area contributed by atoms with Gasteiger partial charge in [0.1, 0.15) is 5.82 Å². The summed E-state index contributed by atoms with van der Waals surface area (Å²) >= 11 is 9.78. The minimum absolute atomic E-state index is 0.213. The molecule has 2 rings (SSSR count). The Morgan fingerprint density at radius 2 is 2.12 bits per heavy atom. The molecule has 0 saturated carbocycles. The van der Waals surface area contributed by atoms with Gasteiger partial charge in [-0.1, -0.05) is 18.2 Å². The molecule has 0 aliphatic heterocycles. The first kappa shape index (κ1) is 18.3. The molecule has 0 saturated heterocycles. The summed E-state index contributed by atoms with van der Waals surface area (Å²) in [6, 6.07) is 9.65. The smallest absolute Gasteiger partial charge is 0.419 e. The van der Waals surface area contributed by atoms with E-state index in [9.17, 15) is 4.79 Å². The van der Waals surface area contributed by atoms with Gasteiger partial charge in [0.2, 0.25) is 0 Å². The second-order valence-corrected chi connectivity index (χ2v) is 6.03. The highest BCUT2D eigenvalue weighted by molar-refractivity contribution is 7.80. The number of aromatic nitrogens is 2. The predicted molar refractivity (Wildman–Crippen MR) is 102 cm³/mol. The maximum atomic E-state index is 11.8. The Hall–Kier alpha value is -2.06. The number of nitrogens with one attached hydrogen (secondary N) is 2. The molecule has 6 nitrogen and oxygen atoms in total. The highest BCUT2D eigenvalue weighted by Gasteiger charge is 2.16. The van der Waals surface area contributed by atoms with E-state index in [2.05, 4.69) is 28.2 Å². The number of aryl methyl sites for hydroxylation is 1. The van der Waals surface area contributed by atoms with Crippen molar-refractivity contribution in [3.8, 4) is 0 Å². The summed E-state index contributed by atoms with van der Waals surface area (Å²) in [5, 5.41) is 6.47. The van der Waals surface area contributed by atoms with Crippen molar-refractivity contribution in [3.63, 3.8) is 0 Å². The number of carbonyl (C=O) groups is 1. The van der Waals surface area contributed by atoms with Crippen LogP contribution in [-0.2, 0) is 4.74 Å². The number of carbonyl (C=O) groups excluding carboxylic acids is 1. The van der Waals surface area contributed by atoms with Crippen LogP contribution in [0, 0.1) is 6.92 Å². The van der Waals surface area contributed by atoms with Gasteiger partial charge in [-0.3, -0.25) is 0 Å². The van der Waals surface area contributed by atoms with Gasteiger partial charge in [-0.05, 0) is 38.2 Å². The van der Waals surface area contributed by atoms with Crippen LogP contribution >= 0.6 is 24.8 Å². The van der Waals surface area contributed by atoms with Crippen molar-refractivity contribution < 1.29 is 9.53 Å². The van der Waals surface area contributed by atoms with Crippen molar-refractivity contribution in [1.29, 1.82) is 0 Å². The minimum Gasteiger partial charge on any atom is -0.449 e. The summed E-state index contributed by atoms with van der Waals surface area (Å²) in [5.41, 5.74) is 1.59. The van der Waals surface area contributed by atoms with E-state index in [0.29, 0.717) is 29.8 Å². The molecule has 1 unspecified atom stereocenters. The first-order valence-corrected chi connectivity index (χ1v) is 8.44. The van der Waals surface area contributed by atoms with E-state index in [-0.39, 0.29) is 5.25 Å². The third-order valence-electron chi connectivity index (χ3n) is 3.19. The van der Waals surface area contributed by atoms with Crippen LogP contribution in [0.3, 0.4) is 0 Å². The lowest BCUT2D eigenvalue weighted by molar-refractivity contribution is 0.153. The van der Waals surface area contributed by atoms with Gasteiger partial charge in [-0.25, -0.2) is 14.3 Å². The van der Waals surface area contributed by atoms with Crippen molar-refractivity contribution >= 4 is 41.7 Å². The molecule has 0 fully saturated rings. The number of rotatable bonds is 5. The molecule has 24 heavy (non-hydrogen) atoms. The fourth-order valence-corrected chi connectivity index (χ4v) is 2.44. The molecule has 1 aromatic carbocycles. The lowest BCUT2D eigenvalue weighted by atomic mass is 10.3. The Labute approximate surface area is 152 Å². The van der Waals surface area contributed by atoms with Crippen LogP contribution in [-0.4, -0.2) is 33.9 Å². The lowest BCUT2D eigenvalue weighted by Crippen LogP contribution is -2.31. The Bertz CT molecular complexity index is 703. The van der Waals surface area contributed by atoms with E-state index in [1.54, 1.807) is 20.0 Å². The highest BCUT2D eigenvalue weighted by Crippen LogP contribution is 2.18. The third-order valence-corrected chi connectivity index (χ3v) is 3.89. The normalized spacial score (nSPS) is 11.6. The van der Waals surface area contributed by atoms with Crippen LogP contribution < -0.4 is 10.6 Å². The summed E-state index contributed by atoms with van der Waals surface area (Å²) in [7, 11) is 0. The maximum Gasteiger partial charge on any atom is 0.419 e. The second kappa shape index (κ2) is 8.70. The van der Waals surface area contributed by atoms with Crippen molar-refractivity contribution in [2.75, 3.05) is 18.5 Å². The molecule has 8 heteroatoms. The Morgan fingerprint density at radius 1 is 1.42 bits per heavy atom. The molecule has 0 bridgehead atoms. The van der Waals surface area contributed by atoms with Gasteiger partial charge in [0.15, 0.2) is 5.11 Å². The number of nitrogens with zero attached hydrogens (tertiary/aromatic N) is 2. The first-order valence-electron chi connectivity index (χ1n) is 7.52. The first-order chi connectivity index (χ1) is 11.5. The summed E-state index contributed by atoms with van der Waals surface area (Å²) < 4.78 is 6.36. The Kier molecular flexibility index (Phi) is 6.62. The zero-order valence-corrected chi connectivity index (χ0v) is 15.2. The van der Waals surface area contributed by atoms with E-state index in [0.717, 1.165) is 5.69 Å². The fourth-order valence-electron chi connectivity index (χ4n) is 2.02. The monoisotopic (exact) mass is 364 g/mol. The van der Waals surface area contributed by atoms with Crippen LogP contribution in [0.15, 0.2) is 36.5 Å². The molecule has 1 atom stereocenters. The van der Waals surface area contributed by atoms with Gasteiger partial charge in [0.05, 0.1) is 17.6 Å². The Balaban J connectivity index is 1.90. The number of anilines is 1. The third kappa shape index (κ3) is 4.97. The van der Waals surface area contributed by atoms with Crippen molar-refractivity contribution in [2.45, 2.75) is 19.1 Å². The molecule has 0 radical (unpaired) electrons. The quantitative estimate of drug-likeness (QED) is 0.559. The summed E-state index contributed by atoms with van der Waals surface area (Å²) in [6.45, 7) is 4.30. The molecule has 2 aromatic rings. The number of para-hydroxylation sites is 1. The number of hydrogen-bond acceptors (Lipinski definition) is 5. The van der Waals surface area contributed by atoms with Crippen molar-refractivity contribution in [3.05, 3.63) is 48.0 Å². The predicted octanol–water partition coefficient (Wildman–Crippen LogP) is 3.15. The molecular formula is C16H20N4O2S2. The van der Waals surface area contributed by atoms with Gasteiger partial charge in [-0.15, -0.1) is 0 Å². The average molecular weight is 364 g/mol. The second-order valence-electron chi connectivity index (χ2n) is 5.00. The maximum absolute atomic E-state index is 11.8. The van der Waals surface area contributed by atoms with E-state index in [4.69, 9.17) is 17.0 Å². The fraction of sp³-hybridized carbons (Fsp3) is 0.312. The van der Waals surface area contributed by atoms with Crippen LogP contribution in [0.1, 0.15) is 23.7 Å². The van der Waals surface area contributed by atoms with Crippen LogP contribution in [0.4, 0.5) is 10.5 Å². The van der Waals surface area contributed by atoms with Gasteiger partial charge in [-0.2, -0.15) is 12.6 Å². The Morgan fingerprint density at radius 3 is 2.79 bits per heavy atom. The molecule has 2 N–H and O–H groups in total. The van der Waals surface area contributed by atoms with Crippen LogP contribution in [0.5, 0.6) is 0 Å². The van der Waals surface area contributed by atoms with E-state index in [1.165, 1.54) is 4.57 Å². The number of thiol groups is 1. The van der Waals surface area contributed by atoms with E-state index < -0.39 is 6.09 Å². The van der Waals surface area contributed by atoms with Crippen LogP contribution in [0.2, 0.25) is 0 Å². The number of hydrogen-bond donors (Lipinski definition) is 3. The molecule has 128 valence electrons. The van der Waals surface area contributed by atoms with Gasteiger partial charge >= 0.3 is 6.09 Å². The van der Waals surface area contributed by atoms with E-state index in [1.807, 2.05) is 30.3 Å². The summed E-state index contributed by atoms with van der Waals surface area (Å²) in [4.78, 5) is 16.2. The van der Waals surface area contributed by atoms with Crippen molar-refractivity contribution in [2.24, 2.45) is 0 Å². The number of imidazole rings is 1. The van der Waals surface area contributed by atoms with Gasteiger partial charge < -0.3 is 15.4 Å². The highest BCUT2D eigenvalue weighted by atomic mass is 32.1. The lowest BCUT2D eigenvalue weighted by Gasteiger charge is -2.13. The summed E-state index contributed by atoms with van der Waals surface area (Å²) in [6.07, 6.45) is 1.20. The number of benzene rings is 1. The minimum atomic E-state index is -0.441. The topological polar surface area (TPSA) is 68.2 Å².